The molecule has 0 saturated heterocycles. The summed E-state index contributed by atoms with van der Waals surface area (Å²) >= 11 is 0. The molecule has 1 atom stereocenters. The molecule has 0 radical (unpaired) electrons. The molecule has 0 aliphatic rings. The van der Waals surface area contributed by atoms with Gasteiger partial charge in [-0.2, -0.15) is 0 Å². The van der Waals surface area contributed by atoms with Crippen molar-refractivity contribution in [3.05, 3.63) is 131 Å². The Hall–Kier alpha value is -4.50. The van der Waals surface area contributed by atoms with Crippen LogP contribution >= 0.6 is 0 Å². The highest BCUT2D eigenvalue weighted by Gasteiger charge is 2.34. The highest BCUT2D eigenvalue weighted by atomic mass is 32.2. The lowest BCUT2D eigenvalue weighted by Gasteiger charge is -2.33. The molecule has 218 valence electrons. The van der Waals surface area contributed by atoms with E-state index in [0.29, 0.717) is 5.69 Å². The smallest absolute Gasteiger partial charge is 0.264 e. The number of carbonyl (C=O) groups is 2. The van der Waals surface area contributed by atoms with E-state index in [1.54, 1.807) is 54.6 Å². The van der Waals surface area contributed by atoms with Crippen LogP contribution in [0.1, 0.15) is 22.3 Å². The number of likely N-dealkylation sites (N-methyl/N-ethyl adjacent to an activating group) is 1. The third-order valence-electron chi connectivity index (χ3n) is 7.20. The number of carbonyl (C=O) groups excluding carboxylic acids is 2. The molecule has 0 bridgehead atoms. The monoisotopic (exact) mass is 587 g/mol. The van der Waals surface area contributed by atoms with Gasteiger partial charge in [0.05, 0.1) is 10.6 Å². The number of sulfonamides is 1. The van der Waals surface area contributed by atoms with Crippen molar-refractivity contribution in [1.29, 1.82) is 0 Å². The standard InChI is InChI=1S/C33H34FN3O4S/c1-24-18-19-28(20-25(24)2)37(42(40,41)29-15-8-5-9-16-29)23-32(38)36(22-27-14-10-11-17-30(27)34)31(33(39)35-3)21-26-12-6-4-7-13-26/h4-20,31H,21-23H2,1-3H3,(H,35,39)/t31-/m0/s1. The average Bonchev–Trinajstić information content (AvgIpc) is 3.00. The molecule has 0 heterocycles. The Morgan fingerprint density at radius 1 is 0.833 bits per heavy atom. The molecular weight excluding hydrogens is 553 g/mol. The Morgan fingerprint density at radius 2 is 1.45 bits per heavy atom. The fraction of sp³-hybridized carbons (Fsp3) is 0.212. The van der Waals surface area contributed by atoms with Crippen LogP contribution in [0, 0.1) is 19.7 Å². The summed E-state index contributed by atoms with van der Waals surface area (Å²) in [5.41, 5.74) is 3.12. The van der Waals surface area contributed by atoms with Crippen molar-refractivity contribution in [3.8, 4) is 0 Å². The van der Waals surface area contributed by atoms with Crippen molar-refractivity contribution in [2.75, 3.05) is 17.9 Å². The number of hydrogen-bond donors (Lipinski definition) is 1. The van der Waals surface area contributed by atoms with E-state index >= 15 is 0 Å². The Morgan fingerprint density at radius 3 is 2.07 bits per heavy atom. The minimum atomic E-state index is -4.19. The van der Waals surface area contributed by atoms with Gasteiger partial charge in [0.2, 0.25) is 11.8 Å². The zero-order valence-corrected chi connectivity index (χ0v) is 24.6. The molecule has 4 aromatic carbocycles. The molecule has 0 aliphatic carbocycles. The molecule has 0 fully saturated rings. The maximum Gasteiger partial charge on any atom is 0.264 e. The molecule has 1 N–H and O–H groups in total. The van der Waals surface area contributed by atoms with E-state index in [1.165, 1.54) is 30.1 Å². The maximum atomic E-state index is 14.9. The van der Waals surface area contributed by atoms with Crippen LogP contribution in [0.3, 0.4) is 0 Å². The molecule has 7 nitrogen and oxygen atoms in total. The van der Waals surface area contributed by atoms with E-state index in [9.17, 15) is 22.4 Å². The average molecular weight is 588 g/mol. The number of amides is 2. The van der Waals surface area contributed by atoms with Gasteiger partial charge in [-0.1, -0.05) is 72.8 Å². The van der Waals surface area contributed by atoms with Gasteiger partial charge in [-0.05, 0) is 60.9 Å². The van der Waals surface area contributed by atoms with Crippen molar-refractivity contribution in [2.45, 2.75) is 37.8 Å². The van der Waals surface area contributed by atoms with E-state index in [2.05, 4.69) is 5.32 Å². The lowest BCUT2D eigenvalue weighted by Crippen LogP contribution is -2.53. The quantitative estimate of drug-likeness (QED) is 0.267. The fourth-order valence-electron chi connectivity index (χ4n) is 4.66. The minimum Gasteiger partial charge on any atom is -0.357 e. The van der Waals surface area contributed by atoms with Crippen LogP contribution < -0.4 is 9.62 Å². The van der Waals surface area contributed by atoms with Crippen molar-refractivity contribution in [3.63, 3.8) is 0 Å². The first-order valence-electron chi connectivity index (χ1n) is 13.5. The molecule has 0 aliphatic heterocycles. The third kappa shape index (κ3) is 7.03. The SMILES string of the molecule is CNC(=O)[C@H](Cc1ccccc1)N(Cc1ccccc1F)C(=O)CN(c1ccc(C)c(C)c1)S(=O)(=O)c1ccccc1. The molecule has 0 aromatic heterocycles. The van der Waals surface area contributed by atoms with Gasteiger partial charge >= 0.3 is 0 Å². The number of halogens is 1. The highest BCUT2D eigenvalue weighted by Crippen LogP contribution is 2.27. The van der Waals surface area contributed by atoms with Gasteiger partial charge < -0.3 is 10.2 Å². The molecular formula is C33H34FN3O4S. The predicted octanol–water partition coefficient (Wildman–Crippen LogP) is 5.02. The van der Waals surface area contributed by atoms with Crippen LogP contribution in [-0.4, -0.2) is 44.8 Å². The van der Waals surface area contributed by atoms with E-state index in [1.807, 2.05) is 44.2 Å². The molecule has 0 unspecified atom stereocenters. The third-order valence-corrected chi connectivity index (χ3v) is 8.99. The van der Waals surface area contributed by atoms with Gasteiger partial charge in [-0.15, -0.1) is 0 Å². The number of aryl methyl sites for hydroxylation is 2. The molecule has 42 heavy (non-hydrogen) atoms. The normalized spacial score (nSPS) is 11.9. The lowest BCUT2D eigenvalue weighted by atomic mass is 10.0. The fourth-order valence-corrected chi connectivity index (χ4v) is 6.09. The minimum absolute atomic E-state index is 0.0174. The predicted molar refractivity (Wildman–Crippen MR) is 162 cm³/mol. The molecule has 2 amide bonds. The van der Waals surface area contributed by atoms with Gasteiger partial charge in [0, 0.05) is 25.6 Å². The number of anilines is 1. The zero-order valence-electron chi connectivity index (χ0n) is 23.8. The summed E-state index contributed by atoms with van der Waals surface area (Å²) in [7, 11) is -2.73. The first-order valence-corrected chi connectivity index (χ1v) is 15.0. The summed E-state index contributed by atoms with van der Waals surface area (Å²) in [6.07, 6.45) is 0.149. The van der Waals surface area contributed by atoms with Crippen LogP contribution in [0.2, 0.25) is 0 Å². The maximum absolute atomic E-state index is 14.9. The second kappa shape index (κ2) is 13.4. The molecule has 0 spiro atoms. The summed E-state index contributed by atoms with van der Waals surface area (Å²) in [4.78, 5) is 28.8. The molecule has 4 rings (SSSR count). The second-order valence-corrected chi connectivity index (χ2v) is 11.9. The largest absolute Gasteiger partial charge is 0.357 e. The van der Waals surface area contributed by atoms with Crippen LogP contribution in [-0.2, 0) is 32.6 Å². The lowest BCUT2D eigenvalue weighted by molar-refractivity contribution is -0.139. The highest BCUT2D eigenvalue weighted by molar-refractivity contribution is 7.92. The van der Waals surface area contributed by atoms with E-state index in [4.69, 9.17) is 0 Å². The first-order chi connectivity index (χ1) is 20.1. The van der Waals surface area contributed by atoms with Gasteiger partial charge in [-0.25, -0.2) is 12.8 Å². The summed E-state index contributed by atoms with van der Waals surface area (Å²) < 4.78 is 43.8. The van der Waals surface area contributed by atoms with E-state index < -0.39 is 40.2 Å². The first kappa shape index (κ1) is 30.5. The second-order valence-electron chi connectivity index (χ2n) is 10.0. The van der Waals surface area contributed by atoms with Gasteiger partial charge in [0.15, 0.2) is 0 Å². The number of hydrogen-bond acceptors (Lipinski definition) is 4. The Kier molecular flexibility index (Phi) is 9.75. The van der Waals surface area contributed by atoms with E-state index in [-0.39, 0.29) is 23.4 Å². The summed E-state index contributed by atoms with van der Waals surface area (Å²) in [6, 6.07) is 27.2. The van der Waals surface area contributed by atoms with Crippen LogP contribution in [0.15, 0.2) is 108 Å². The zero-order chi connectivity index (χ0) is 30.3. The van der Waals surface area contributed by atoms with Crippen LogP contribution in [0.5, 0.6) is 0 Å². The van der Waals surface area contributed by atoms with Crippen LogP contribution in [0.4, 0.5) is 10.1 Å². The van der Waals surface area contributed by atoms with Crippen molar-refractivity contribution in [1.82, 2.24) is 10.2 Å². The summed E-state index contributed by atoms with van der Waals surface area (Å²) in [5, 5.41) is 2.62. The Balaban J connectivity index is 1.81. The van der Waals surface area contributed by atoms with Gasteiger partial charge in [-0.3, -0.25) is 13.9 Å². The van der Waals surface area contributed by atoms with Gasteiger partial charge in [0.25, 0.3) is 10.0 Å². The summed E-state index contributed by atoms with van der Waals surface area (Å²) in [6.45, 7) is 2.94. The van der Waals surface area contributed by atoms with Crippen molar-refractivity contribution < 1.29 is 22.4 Å². The Labute approximate surface area is 246 Å². The molecule has 4 aromatic rings. The van der Waals surface area contributed by atoms with Crippen molar-refractivity contribution in [2.24, 2.45) is 0 Å². The van der Waals surface area contributed by atoms with Gasteiger partial charge in [0.1, 0.15) is 18.4 Å². The number of nitrogens with zero attached hydrogens (tertiary/aromatic N) is 2. The van der Waals surface area contributed by atoms with E-state index in [0.717, 1.165) is 21.0 Å². The number of rotatable bonds is 11. The Bertz CT molecular complexity index is 1650. The molecule has 0 saturated carbocycles. The topological polar surface area (TPSA) is 86.8 Å². The number of benzene rings is 4. The summed E-state index contributed by atoms with van der Waals surface area (Å²) in [5.74, 6) is -1.64. The number of nitrogens with one attached hydrogen (secondary N) is 1. The molecule has 9 heteroatoms. The van der Waals surface area contributed by atoms with Crippen LogP contribution in [0.25, 0.3) is 0 Å². The van der Waals surface area contributed by atoms with Crippen molar-refractivity contribution >= 4 is 27.5 Å².